The summed E-state index contributed by atoms with van der Waals surface area (Å²) in [6, 6.07) is 4.52. The fourth-order valence-corrected chi connectivity index (χ4v) is 1.14. The molecule has 0 aliphatic rings. The first-order valence-corrected chi connectivity index (χ1v) is 4.16. The van der Waals surface area contributed by atoms with E-state index in [2.05, 4.69) is 6.58 Å². The van der Waals surface area contributed by atoms with Gasteiger partial charge in [-0.1, -0.05) is 30.4 Å². The van der Waals surface area contributed by atoms with Crippen LogP contribution < -0.4 is 10.2 Å². The van der Waals surface area contributed by atoms with Gasteiger partial charge in [-0.2, -0.15) is 0 Å². The second kappa shape index (κ2) is 3.96. The molecular formula is C11H10O3-2. The van der Waals surface area contributed by atoms with Gasteiger partial charge in [-0.3, -0.25) is 0 Å². The van der Waals surface area contributed by atoms with Crippen molar-refractivity contribution in [2.75, 3.05) is 0 Å². The van der Waals surface area contributed by atoms with Crippen LogP contribution in [0.3, 0.4) is 0 Å². The Morgan fingerprint density at radius 2 is 2.14 bits per heavy atom. The molecule has 0 spiro atoms. The minimum atomic E-state index is -1.25. The van der Waals surface area contributed by atoms with Crippen LogP contribution in [0.2, 0.25) is 0 Å². The molecule has 0 amide bonds. The maximum atomic E-state index is 11.2. The van der Waals surface area contributed by atoms with Crippen molar-refractivity contribution in [1.82, 2.24) is 0 Å². The first kappa shape index (κ1) is 10.3. The summed E-state index contributed by atoms with van der Waals surface area (Å²) in [6.45, 7) is 5.50. The maximum Gasteiger partial charge on any atom is 0.0457 e. The number of carbonyl (C=O) groups excluding carboxylic acids is 1. The van der Waals surface area contributed by atoms with E-state index in [9.17, 15) is 15.0 Å². The van der Waals surface area contributed by atoms with Crippen LogP contribution in [0.15, 0.2) is 24.8 Å². The van der Waals surface area contributed by atoms with Crippen LogP contribution in [0.25, 0.3) is 5.57 Å². The fourth-order valence-electron chi connectivity index (χ4n) is 1.14. The predicted octanol–water partition coefficient (Wildman–Crippen LogP) is 0.0857. The maximum absolute atomic E-state index is 11.2. The molecule has 0 aromatic heterocycles. The molecule has 3 nitrogen and oxygen atoms in total. The van der Waals surface area contributed by atoms with Gasteiger partial charge in [0.25, 0.3) is 0 Å². The highest BCUT2D eigenvalue weighted by Crippen LogP contribution is 2.20. The van der Waals surface area contributed by atoms with Gasteiger partial charge in [-0.25, -0.2) is 0 Å². The van der Waals surface area contributed by atoms with Crippen LogP contribution in [-0.2, 0) is 11.2 Å². The summed E-state index contributed by atoms with van der Waals surface area (Å²) in [5.41, 5.74) is 1.82. The molecule has 1 rings (SSSR count). The van der Waals surface area contributed by atoms with Crippen molar-refractivity contribution in [3.63, 3.8) is 0 Å². The Bertz CT molecular complexity index is 380. The molecule has 0 aliphatic carbocycles. The van der Waals surface area contributed by atoms with Gasteiger partial charge in [0.15, 0.2) is 0 Å². The van der Waals surface area contributed by atoms with E-state index < -0.39 is 5.97 Å². The van der Waals surface area contributed by atoms with Gasteiger partial charge in [0.05, 0.1) is 0 Å². The molecule has 0 unspecified atom stereocenters. The first-order valence-electron chi connectivity index (χ1n) is 4.16. The minimum Gasteiger partial charge on any atom is -0.872 e. The van der Waals surface area contributed by atoms with E-state index in [1.165, 1.54) is 6.07 Å². The molecule has 0 saturated heterocycles. The van der Waals surface area contributed by atoms with Crippen LogP contribution >= 0.6 is 0 Å². The molecule has 0 atom stereocenters. The Labute approximate surface area is 82.3 Å². The normalized spacial score (nSPS) is 9.79. The summed E-state index contributed by atoms with van der Waals surface area (Å²) in [5, 5.41) is 21.5. The number of carboxylic acid groups (broad SMARTS) is 1. The van der Waals surface area contributed by atoms with Crippen LogP contribution in [0.1, 0.15) is 18.1 Å². The molecule has 0 heterocycles. The third kappa shape index (κ3) is 2.36. The van der Waals surface area contributed by atoms with Crippen molar-refractivity contribution < 1.29 is 15.0 Å². The number of carboxylic acids is 1. The van der Waals surface area contributed by atoms with Crippen molar-refractivity contribution >= 4 is 11.5 Å². The highest BCUT2D eigenvalue weighted by Gasteiger charge is 1.98. The Morgan fingerprint density at radius 1 is 1.50 bits per heavy atom. The average Bonchev–Trinajstić information content (AvgIpc) is 2.07. The van der Waals surface area contributed by atoms with E-state index >= 15 is 0 Å². The molecule has 0 radical (unpaired) electrons. The predicted molar refractivity (Wildman–Crippen MR) is 49.3 cm³/mol. The molecule has 0 bridgehead atoms. The highest BCUT2D eigenvalue weighted by molar-refractivity contribution is 5.71. The number of hydrogen-bond acceptors (Lipinski definition) is 3. The second-order valence-electron chi connectivity index (χ2n) is 3.15. The lowest BCUT2D eigenvalue weighted by atomic mass is 10.0. The van der Waals surface area contributed by atoms with E-state index in [0.717, 1.165) is 11.1 Å². The summed E-state index contributed by atoms with van der Waals surface area (Å²) < 4.78 is 0. The third-order valence-corrected chi connectivity index (χ3v) is 1.89. The van der Waals surface area contributed by atoms with Crippen LogP contribution in [0, 0.1) is 0 Å². The second-order valence-corrected chi connectivity index (χ2v) is 3.15. The molecule has 1 aromatic rings. The van der Waals surface area contributed by atoms with E-state index in [0.29, 0.717) is 0 Å². The highest BCUT2D eigenvalue weighted by atomic mass is 16.4. The van der Waals surface area contributed by atoms with E-state index in [4.69, 9.17) is 0 Å². The summed E-state index contributed by atoms with van der Waals surface area (Å²) in [6.07, 6.45) is -0.347. The standard InChI is InChI=1S/C11H12O3/c1-7(2)8-3-4-10(12)9(5-8)6-11(13)14/h3-5,12H,1,6H2,2H3,(H,13,14)/p-2. The summed E-state index contributed by atoms with van der Waals surface area (Å²) >= 11 is 0. The number of benzene rings is 1. The van der Waals surface area contributed by atoms with Crippen molar-refractivity contribution in [2.24, 2.45) is 0 Å². The SMILES string of the molecule is C=C(C)c1ccc([O-])c(CC(=O)[O-])c1. The zero-order valence-electron chi connectivity index (χ0n) is 7.87. The van der Waals surface area contributed by atoms with Gasteiger partial charge in [0.1, 0.15) is 0 Å². The van der Waals surface area contributed by atoms with Gasteiger partial charge in [0, 0.05) is 12.4 Å². The quantitative estimate of drug-likeness (QED) is 0.678. The molecule has 0 fully saturated rings. The number of rotatable bonds is 3. The lowest BCUT2D eigenvalue weighted by molar-refractivity contribution is -0.305. The lowest BCUT2D eigenvalue weighted by Gasteiger charge is -2.15. The topological polar surface area (TPSA) is 63.2 Å². The molecule has 0 aliphatic heterocycles. The molecule has 3 heteroatoms. The summed E-state index contributed by atoms with van der Waals surface area (Å²) in [5.74, 6) is -1.53. The molecule has 0 saturated carbocycles. The lowest BCUT2D eigenvalue weighted by Crippen LogP contribution is -2.24. The Hall–Kier alpha value is -1.77. The molecule has 1 aromatic carbocycles. The van der Waals surface area contributed by atoms with Crippen molar-refractivity contribution in [3.05, 3.63) is 35.9 Å². The van der Waals surface area contributed by atoms with Crippen LogP contribution in [0.5, 0.6) is 5.75 Å². The smallest absolute Gasteiger partial charge is 0.0457 e. The zero-order chi connectivity index (χ0) is 10.7. The molecule has 14 heavy (non-hydrogen) atoms. The monoisotopic (exact) mass is 190 g/mol. The van der Waals surface area contributed by atoms with Crippen LogP contribution in [-0.4, -0.2) is 5.97 Å². The molecule has 74 valence electrons. The minimum absolute atomic E-state index is 0.241. The average molecular weight is 190 g/mol. The number of hydrogen-bond donors (Lipinski definition) is 0. The molecule has 0 N–H and O–H groups in total. The third-order valence-electron chi connectivity index (χ3n) is 1.89. The van der Waals surface area contributed by atoms with Gasteiger partial charge in [-0.05, 0) is 18.1 Å². The van der Waals surface area contributed by atoms with Crippen molar-refractivity contribution in [2.45, 2.75) is 13.3 Å². The first-order chi connectivity index (χ1) is 6.50. The Morgan fingerprint density at radius 3 is 2.64 bits per heavy atom. The number of allylic oxidation sites excluding steroid dienone is 1. The number of carbonyl (C=O) groups is 1. The van der Waals surface area contributed by atoms with Gasteiger partial charge in [0.2, 0.25) is 0 Å². The Kier molecular flexibility index (Phi) is 2.92. The van der Waals surface area contributed by atoms with Crippen LogP contribution in [0.4, 0.5) is 0 Å². The van der Waals surface area contributed by atoms with E-state index in [-0.39, 0.29) is 17.7 Å². The Balaban J connectivity index is 3.08. The zero-order valence-corrected chi connectivity index (χ0v) is 7.87. The van der Waals surface area contributed by atoms with Gasteiger partial charge >= 0.3 is 0 Å². The van der Waals surface area contributed by atoms with Gasteiger partial charge < -0.3 is 15.0 Å². The largest absolute Gasteiger partial charge is 0.872 e. The number of aliphatic carboxylic acids is 1. The fraction of sp³-hybridized carbons (Fsp3) is 0.182. The molecular weight excluding hydrogens is 180 g/mol. The van der Waals surface area contributed by atoms with Crippen molar-refractivity contribution in [1.29, 1.82) is 0 Å². The summed E-state index contributed by atoms with van der Waals surface area (Å²) in [4.78, 5) is 10.3. The van der Waals surface area contributed by atoms with Crippen molar-refractivity contribution in [3.8, 4) is 5.75 Å². The van der Waals surface area contributed by atoms with E-state index in [1.54, 1.807) is 19.1 Å². The van der Waals surface area contributed by atoms with E-state index in [1.807, 2.05) is 0 Å². The van der Waals surface area contributed by atoms with Gasteiger partial charge in [-0.15, -0.1) is 5.75 Å². The summed E-state index contributed by atoms with van der Waals surface area (Å²) in [7, 11) is 0.